The molecule has 0 bridgehead atoms. The number of sulfone groups is 1. The van der Waals surface area contributed by atoms with E-state index in [-0.39, 0.29) is 17.7 Å². The molecule has 2 aromatic rings. The number of carbonyl (C=O) groups is 1. The highest BCUT2D eigenvalue weighted by Crippen LogP contribution is 2.19. The number of likely N-dealkylation sites (N-methyl/N-ethyl adjacent to an activating group) is 1. The molecular formula is C19H24N2O3S. The Balaban J connectivity index is 2.24. The fourth-order valence-electron chi connectivity index (χ4n) is 2.50. The number of hydrogen-bond donors (Lipinski definition) is 1. The summed E-state index contributed by atoms with van der Waals surface area (Å²) in [6.07, 6.45) is 0. The van der Waals surface area contributed by atoms with Crippen molar-refractivity contribution in [2.75, 3.05) is 26.4 Å². The average Bonchev–Trinajstić information content (AvgIpc) is 2.61. The van der Waals surface area contributed by atoms with E-state index in [1.807, 2.05) is 37.2 Å². The Labute approximate surface area is 149 Å². The molecule has 0 spiro atoms. The first-order valence-electron chi connectivity index (χ1n) is 8.17. The second kappa shape index (κ2) is 8.27. The van der Waals surface area contributed by atoms with Gasteiger partial charge < -0.3 is 10.2 Å². The molecule has 0 aliphatic carbocycles. The lowest BCUT2D eigenvalue weighted by Gasteiger charge is -2.23. The third kappa shape index (κ3) is 5.14. The first-order valence-corrected chi connectivity index (χ1v) is 9.82. The van der Waals surface area contributed by atoms with E-state index in [1.165, 1.54) is 0 Å². The molecule has 2 rings (SSSR count). The van der Waals surface area contributed by atoms with Crippen molar-refractivity contribution < 1.29 is 13.2 Å². The zero-order valence-corrected chi connectivity index (χ0v) is 15.6. The maximum absolute atomic E-state index is 12.5. The lowest BCUT2D eigenvalue weighted by Crippen LogP contribution is -2.35. The Hall–Kier alpha value is -2.18. The number of nitrogens with one attached hydrogen (secondary N) is 1. The summed E-state index contributed by atoms with van der Waals surface area (Å²) in [7, 11) is 0.629. The van der Waals surface area contributed by atoms with Gasteiger partial charge in [-0.2, -0.15) is 0 Å². The summed E-state index contributed by atoms with van der Waals surface area (Å²) >= 11 is 0. The van der Waals surface area contributed by atoms with Crippen molar-refractivity contribution in [1.29, 1.82) is 0 Å². The lowest BCUT2D eigenvalue weighted by atomic mass is 10.1. The van der Waals surface area contributed by atoms with Gasteiger partial charge in [-0.1, -0.05) is 37.3 Å². The molecule has 0 saturated heterocycles. The van der Waals surface area contributed by atoms with Crippen molar-refractivity contribution in [3.63, 3.8) is 0 Å². The minimum absolute atomic E-state index is 0.0677. The summed E-state index contributed by atoms with van der Waals surface area (Å²) in [6.45, 7) is 2.23. The highest BCUT2D eigenvalue weighted by Gasteiger charge is 2.18. The summed E-state index contributed by atoms with van der Waals surface area (Å²) < 4.78 is 23.9. The predicted molar refractivity (Wildman–Crippen MR) is 99.4 cm³/mol. The molecule has 1 atom stereocenters. The van der Waals surface area contributed by atoms with E-state index in [4.69, 9.17) is 0 Å². The number of benzene rings is 2. The highest BCUT2D eigenvalue weighted by molar-refractivity contribution is 7.91. The molecule has 2 aromatic carbocycles. The number of hydrogen-bond acceptors (Lipinski definition) is 4. The van der Waals surface area contributed by atoms with Crippen LogP contribution in [0.5, 0.6) is 0 Å². The SMILES string of the molecule is CCS(=O)(=O)c1ccc([C@H](CN(C)C)NC(=O)c2ccccc2)cc1. The standard InChI is InChI=1S/C19H24N2O3S/c1-4-25(23,24)17-12-10-15(11-13-17)18(14-21(2)3)20-19(22)16-8-6-5-7-9-16/h5-13,18H,4,14H2,1-3H3,(H,20,22)/t18-/m0/s1. The van der Waals surface area contributed by atoms with Gasteiger partial charge in [0.2, 0.25) is 0 Å². The molecule has 0 radical (unpaired) electrons. The maximum atomic E-state index is 12.5. The van der Waals surface area contributed by atoms with Crippen LogP contribution in [0.4, 0.5) is 0 Å². The fourth-order valence-corrected chi connectivity index (χ4v) is 3.39. The molecule has 0 unspecified atom stereocenters. The van der Waals surface area contributed by atoms with Gasteiger partial charge >= 0.3 is 0 Å². The van der Waals surface area contributed by atoms with E-state index in [0.717, 1.165) is 5.56 Å². The van der Waals surface area contributed by atoms with Gasteiger partial charge in [-0.3, -0.25) is 4.79 Å². The number of nitrogens with zero attached hydrogens (tertiary/aromatic N) is 1. The van der Waals surface area contributed by atoms with E-state index in [1.54, 1.807) is 43.3 Å². The Morgan fingerprint density at radius 1 is 1.04 bits per heavy atom. The molecule has 1 amide bonds. The molecule has 0 heterocycles. The number of carbonyl (C=O) groups excluding carboxylic acids is 1. The predicted octanol–water partition coefficient (Wildman–Crippen LogP) is 2.51. The van der Waals surface area contributed by atoms with E-state index in [2.05, 4.69) is 5.32 Å². The van der Waals surface area contributed by atoms with E-state index < -0.39 is 9.84 Å². The van der Waals surface area contributed by atoms with Gasteiger partial charge in [0.25, 0.3) is 5.91 Å². The van der Waals surface area contributed by atoms with Gasteiger partial charge in [0.15, 0.2) is 9.84 Å². The smallest absolute Gasteiger partial charge is 0.251 e. The second-order valence-electron chi connectivity index (χ2n) is 6.13. The summed E-state index contributed by atoms with van der Waals surface area (Å²) in [4.78, 5) is 14.7. The van der Waals surface area contributed by atoms with Crippen LogP contribution in [0.1, 0.15) is 28.9 Å². The van der Waals surface area contributed by atoms with Crippen LogP contribution in [0.2, 0.25) is 0 Å². The lowest BCUT2D eigenvalue weighted by molar-refractivity contribution is 0.0930. The zero-order chi connectivity index (χ0) is 18.4. The van der Waals surface area contributed by atoms with Crippen LogP contribution in [-0.4, -0.2) is 45.6 Å². The molecule has 0 aliphatic heterocycles. The topological polar surface area (TPSA) is 66.5 Å². The first kappa shape index (κ1) is 19.1. The quantitative estimate of drug-likeness (QED) is 0.824. The minimum Gasteiger partial charge on any atom is -0.344 e. The summed E-state index contributed by atoms with van der Waals surface area (Å²) in [5, 5.41) is 3.02. The Kier molecular flexibility index (Phi) is 6.33. The molecule has 5 nitrogen and oxygen atoms in total. The second-order valence-corrected chi connectivity index (χ2v) is 8.41. The van der Waals surface area contributed by atoms with Crippen molar-refractivity contribution in [2.45, 2.75) is 17.9 Å². The van der Waals surface area contributed by atoms with Crippen LogP contribution in [0.25, 0.3) is 0 Å². The molecule has 0 saturated carbocycles. The van der Waals surface area contributed by atoms with Crippen LogP contribution < -0.4 is 5.32 Å². The van der Waals surface area contributed by atoms with Crippen LogP contribution in [0.3, 0.4) is 0 Å². The molecule has 6 heteroatoms. The zero-order valence-electron chi connectivity index (χ0n) is 14.8. The van der Waals surface area contributed by atoms with Crippen molar-refractivity contribution in [1.82, 2.24) is 10.2 Å². The minimum atomic E-state index is -3.23. The monoisotopic (exact) mass is 360 g/mol. The largest absolute Gasteiger partial charge is 0.344 e. The van der Waals surface area contributed by atoms with Crippen LogP contribution in [0.15, 0.2) is 59.5 Å². The van der Waals surface area contributed by atoms with Crippen LogP contribution in [-0.2, 0) is 9.84 Å². The third-order valence-electron chi connectivity index (χ3n) is 3.91. The Morgan fingerprint density at radius 3 is 2.16 bits per heavy atom. The molecule has 0 aromatic heterocycles. The molecule has 134 valence electrons. The molecule has 0 fully saturated rings. The third-order valence-corrected chi connectivity index (χ3v) is 5.66. The summed E-state index contributed by atoms with van der Waals surface area (Å²) in [5.74, 6) is -0.0872. The number of amides is 1. The van der Waals surface area contributed by atoms with Gasteiger partial charge in [-0.25, -0.2) is 8.42 Å². The van der Waals surface area contributed by atoms with E-state index in [9.17, 15) is 13.2 Å². The van der Waals surface area contributed by atoms with Crippen LogP contribution >= 0.6 is 0 Å². The van der Waals surface area contributed by atoms with Gasteiger partial charge in [0.1, 0.15) is 0 Å². The van der Waals surface area contributed by atoms with Gasteiger partial charge in [0, 0.05) is 12.1 Å². The van der Waals surface area contributed by atoms with Crippen molar-refractivity contribution in [3.8, 4) is 0 Å². The van der Waals surface area contributed by atoms with Crippen LogP contribution in [0, 0.1) is 0 Å². The molecule has 0 aliphatic rings. The van der Waals surface area contributed by atoms with E-state index >= 15 is 0 Å². The molecule has 25 heavy (non-hydrogen) atoms. The normalized spacial score (nSPS) is 12.8. The summed E-state index contributed by atoms with van der Waals surface area (Å²) in [6, 6.07) is 15.5. The van der Waals surface area contributed by atoms with Gasteiger partial charge in [0.05, 0.1) is 16.7 Å². The van der Waals surface area contributed by atoms with Gasteiger partial charge in [-0.05, 0) is 43.9 Å². The number of rotatable bonds is 7. The molecule has 1 N–H and O–H groups in total. The summed E-state index contributed by atoms with van der Waals surface area (Å²) in [5.41, 5.74) is 1.46. The Bertz CT molecular complexity index is 800. The Morgan fingerprint density at radius 2 is 1.64 bits per heavy atom. The fraction of sp³-hybridized carbons (Fsp3) is 0.316. The maximum Gasteiger partial charge on any atom is 0.251 e. The molecular weight excluding hydrogens is 336 g/mol. The van der Waals surface area contributed by atoms with Crippen molar-refractivity contribution in [2.24, 2.45) is 0 Å². The first-order chi connectivity index (χ1) is 11.8. The van der Waals surface area contributed by atoms with Crippen molar-refractivity contribution in [3.05, 3.63) is 65.7 Å². The highest BCUT2D eigenvalue weighted by atomic mass is 32.2. The van der Waals surface area contributed by atoms with E-state index in [0.29, 0.717) is 17.0 Å². The average molecular weight is 360 g/mol. The van der Waals surface area contributed by atoms with Gasteiger partial charge in [-0.15, -0.1) is 0 Å². The van der Waals surface area contributed by atoms with Crippen molar-refractivity contribution >= 4 is 15.7 Å².